The van der Waals surface area contributed by atoms with Crippen molar-refractivity contribution >= 4 is 0 Å². The predicted octanol–water partition coefficient (Wildman–Crippen LogP) is 4.78. The zero-order chi connectivity index (χ0) is 16.8. The Kier molecular flexibility index (Phi) is 7.58. The smallest absolute Gasteiger partial charge is 0.0827 e. The number of allylic oxidation sites excluding steroid dienone is 4. The average molecular weight is 306 g/mol. The van der Waals surface area contributed by atoms with E-state index in [-0.39, 0.29) is 0 Å². The Hall–Kier alpha value is -0.860. The average Bonchev–Trinajstić information content (AvgIpc) is 2.36. The largest absolute Gasteiger partial charge is 0.389 e. The van der Waals surface area contributed by atoms with Crippen LogP contribution in [-0.2, 0) is 0 Å². The fourth-order valence-corrected chi connectivity index (χ4v) is 2.99. The molecule has 0 radical (unpaired) electrons. The molecule has 0 unspecified atom stereocenters. The Morgan fingerprint density at radius 1 is 1.18 bits per heavy atom. The summed E-state index contributed by atoms with van der Waals surface area (Å²) >= 11 is 0. The number of aliphatic hydroxyl groups is 2. The van der Waals surface area contributed by atoms with Crippen LogP contribution in [0.5, 0.6) is 0 Å². The van der Waals surface area contributed by atoms with Crippen LogP contribution in [0.1, 0.15) is 66.7 Å². The summed E-state index contributed by atoms with van der Waals surface area (Å²) in [6, 6.07) is 0. The second-order valence-corrected chi connectivity index (χ2v) is 7.54. The standard InChI is InChI=1S/C20H34O2/c1-15(2)18-10-9-16(3)7-6-8-17(4)13-19(21)14-20(5,22)12-11-18/h7,11-13,15,18-19,21-22H,6,8-10,14H2,1-5H3/b12-11-,16-7-,17-13-/t18-,19+,20-/m1/s1. The van der Waals surface area contributed by atoms with Gasteiger partial charge in [-0.1, -0.05) is 49.3 Å². The first-order valence-electron chi connectivity index (χ1n) is 8.62. The van der Waals surface area contributed by atoms with Gasteiger partial charge in [-0.25, -0.2) is 0 Å². The molecule has 0 aromatic rings. The van der Waals surface area contributed by atoms with Crippen LogP contribution in [0.15, 0.2) is 35.5 Å². The second-order valence-electron chi connectivity index (χ2n) is 7.54. The van der Waals surface area contributed by atoms with E-state index in [1.54, 1.807) is 6.92 Å². The van der Waals surface area contributed by atoms with E-state index in [2.05, 4.69) is 39.8 Å². The molecule has 2 N–H and O–H groups in total. The summed E-state index contributed by atoms with van der Waals surface area (Å²) in [6.45, 7) is 10.5. The van der Waals surface area contributed by atoms with E-state index in [1.165, 1.54) is 11.1 Å². The van der Waals surface area contributed by atoms with E-state index in [0.29, 0.717) is 18.3 Å². The van der Waals surface area contributed by atoms with Crippen molar-refractivity contribution < 1.29 is 10.2 Å². The maximum atomic E-state index is 10.5. The van der Waals surface area contributed by atoms with Gasteiger partial charge in [-0.3, -0.25) is 0 Å². The number of hydrogen-bond acceptors (Lipinski definition) is 2. The first kappa shape index (κ1) is 19.2. The second kappa shape index (κ2) is 8.69. The molecule has 1 aliphatic rings. The van der Waals surface area contributed by atoms with E-state index in [4.69, 9.17) is 0 Å². The van der Waals surface area contributed by atoms with Crippen molar-refractivity contribution in [3.63, 3.8) is 0 Å². The molecule has 0 aromatic carbocycles. The summed E-state index contributed by atoms with van der Waals surface area (Å²) in [5, 5.41) is 20.7. The Morgan fingerprint density at radius 3 is 2.50 bits per heavy atom. The maximum Gasteiger partial charge on any atom is 0.0827 e. The van der Waals surface area contributed by atoms with Crippen LogP contribution < -0.4 is 0 Å². The summed E-state index contributed by atoms with van der Waals surface area (Å²) in [7, 11) is 0. The van der Waals surface area contributed by atoms with Crippen LogP contribution >= 0.6 is 0 Å². The van der Waals surface area contributed by atoms with Crippen molar-refractivity contribution in [1.82, 2.24) is 0 Å². The van der Waals surface area contributed by atoms with Gasteiger partial charge < -0.3 is 10.2 Å². The normalized spacial score (nSPS) is 38.5. The van der Waals surface area contributed by atoms with Crippen LogP contribution in [0.25, 0.3) is 0 Å². The molecule has 0 fully saturated rings. The number of hydrogen-bond donors (Lipinski definition) is 2. The van der Waals surface area contributed by atoms with Crippen LogP contribution in [-0.4, -0.2) is 21.9 Å². The summed E-state index contributed by atoms with van der Waals surface area (Å²) in [4.78, 5) is 0. The molecular formula is C20H34O2. The van der Waals surface area contributed by atoms with E-state index >= 15 is 0 Å². The lowest BCUT2D eigenvalue weighted by Crippen LogP contribution is -2.27. The molecule has 0 aromatic heterocycles. The molecule has 126 valence electrons. The molecule has 0 spiro atoms. The van der Waals surface area contributed by atoms with Gasteiger partial charge in [-0.15, -0.1) is 0 Å². The summed E-state index contributed by atoms with van der Waals surface area (Å²) in [6.07, 6.45) is 12.2. The lowest BCUT2D eigenvalue weighted by molar-refractivity contribution is 0.0565. The zero-order valence-electron chi connectivity index (χ0n) is 15.0. The third-order valence-electron chi connectivity index (χ3n) is 4.56. The Bertz CT molecular complexity index is 427. The van der Waals surface area contributed by atoms with E-state index in [1.807, 2.05) is 12.2 Å². The quantitative estimate of drug-likeness (QED) is 0.684. The van der Waals surface area contributed by atoms with Crippen LogP contribution in [0, 0.1) is 11.8 Å². The van der Waals surface area contributed by atoms with Gasteiger partial charge in [0.2, 0.25) is 0 Å². The summed E-state index contributed by atoms with van der Waals surface area (Å²) in [5.74, 6) is 1.02. The van der Waals surface area contributed by atoms with E-state index < -0.39 is 11.7 Å². The molecule has 0 saturated carbocycles. The highest BCUT2D eigenvalue weighted by molar-refractivity contribution is 5.10. The molecular weight excluding hydrogens is 272 g/mol. The first-order valence-corrected chi connectivity index (χ1v) is 8.62. The summed E-state index contributed by atoms with van der Waals surface area (Å²) < 4.78 is 0. The van der Waals surface area contributed by atoms with Gasteiger partial charge in [-0.05, 0) is 58.3 Å². The molecule has 2 nitrogen and oxygen atoms in total. The van der Waals surface area contributed by atoms with Gasteiger partial charge in [0.15, 0.2) is 0 Å². The highest BCUT2D eigenvalue weighted by atomic mass is 16.3. The van der Waals surface area contributed by atoms with Gasteiger partial charge in [0.1, 0.15) is 0 Å². The summed E-state index contributed by atoms with van der Waals surface area (Å²) in [5.41, 5.74) is 1.67. The first-order chi connectivity index (χ1) is 10.2. The molecule has 0 saturated heterocycles. The monoisotopic (exact) mass is 306 g/mol. The highest BCUT2D eigenvalue weighted by Gasteiger charge is 2.21. The van der Waals surface area contributed by atoms with Crippen LogP contribution in [0.2, 0.25) is 0 Å². The van der Waals surface area contributed by atoms with Gasteiger partial charge in [0, 0.05) is 6.42 Å². The minimum Gasteiger partial charge on any atom is -0.389 e. The third-order valence-corrected chi connectivity index (χ3v) is 4.56. The van der Waals surface area contributed by atoms with Gasteiger partial charge in [0.05, 0.1) is 11.7 Å². The van der Waals surface area contributed by atoms with Crippen LogP contribution in [0.4, 0.5) is 0 Å². The van der Waals surface area contributed by atoms with Crippen molar-refractivity contribution in [2.75, 3.05) is 0 Å². The molecule has 1 aliphatic carbocycles. The molecule has 0 aliphatic heterocycles. The van der Waals surface area contributed by atoms with Crippen molar-refractivity contribution in [2.24, 2.45) is 11.8 Å². The topological polar surface area (TPSA) is 40.5 Å². The predicted molar refractivity (Wildman–Crippen MR) is 94.7 cm³/mol. The molecule has 3 atom stereocenters. The fraction of sp³-hybridized carbons (Fsp3) is 0.700. The maximum absolute atomic E-state index is 10.5. The minimum atomic E-state index is -0.960. The van der Waals surface area contributed by atoms with Gasteiger partial charge in [-0.2, -0.15) is 0 Å². The molecule has 22 heavy (non-hydrogen) atoms. The molecule has 0 bridgehead atoms. The van der Waals surface area contributed by atoms with Crippen molar-refractivity contribution in [2.45, 2.75) is 78.4 Å². The lowest BCUT2D eigenvalue weighted by atomic mass is 9.86. The number of aliphatic hydroxyl groups excluding tert-OH is 1. The van der Waals surface area contributed by atoms with Crippen molar-refractivity contribution in [3.05, 3.63) is 35.5 Å². The van der Waals surface area contributed by atoms with Gasteiger partial charge in [0.25, 0.3) is 0 Å². The Labute approximate surface area is 136 Å². The Morgan fingerprint density at radius 2 is 1.86 bits per heavy atom. The van der Waals surface area contributed by atoms with Gasteiger partial charge >= 0.3 is 0 Å². The van der Waals surface area contributed by atoms with Crippen LogP contribution in [0.3, 0.4) is 0 Å². The fourth-order valence-electron chi connectivity index (χ4n) is 2.99. The SMILES string of the molecule is C/C1=C/[C@H](O)C[C@](C)(O)/C=C\[C@H](C(C)C)CC/C(C)=C\CC1. The van der Waals surface area contributed by atoms with Crippen molar-refractivity contribution in [1.29, 1.82) is 0 Å². The highest BCUT2D eigenvalue weighted by Crippen LogP contribution is 2.25. The molecule has 1 rings (SSSR count). The van der Waals surface area contributed by atoms with Crippen molar-refractivity contribution in [3.8, 4) is 0 Å². The number of rotatable bonds is 1. The Balaban J connectivity index is 2.97. The zero-order valence-corrected chi connectivity index (χ0v) is 15.0. The van der Waals surface area contributed by atoms with E-state index in [9.17, 15) is 10.2 Å². The lowest BCUT2D eigenvalue weighted by Gasteiger charge is -2.24. The minimum absolute atomic E-state index is 0.348. The van der Waals surface area contributed by atoms with E-state index in [0.717, 1.165) is 25.7 Å². The molecule has 0 amide bonds. The molecule has 2 heteroatoms. The third kappa shape index (κ3) is 7.42. The molecule has 0 heterocycles.